The SMILES string of the molecule is Cc1ccccc1C(=O)Oc1cccc(NC(=O)c2nnn(Cc3ccc(Cl)c(Cl)c3)c2C)c1. The predicted molar refractivity (Wildman–Crippen MR) is 131 cm³/mol. The van der Waals surface area contributed by atoms with Gasteiger partial charge in [0.05, 0.1) is 27.8 Å². The molecule has 0 aliphatic carbocycles. The summed E-state index contributed by atoms with van der Waals surface area (Å²) in [6.07, 6.45) is 0. The van der Waals surface area contributed by atoms with Crippen LogP contribution in [0.3, 0.4) is 0 Å². The van der Waals surface area contributed by atoms with Gasteiger partial charge < -0.3 is 10.1 Å². The number of aromatic nitrogens is 3. The van der Waals surface area contributed by atoms with Crippen LogP contribution in [0, 0.1) is 13.8 Å². The van der Waals surface area contributed by atoms with Gasteiger partial charge in [-0.1, -0.05) is 58.7 Å². The molecule has 0 radical (unpaired) electrons. The van der Waals surface area contributed by atoms with E-state index in [1.54, 1.807) is 60.1 Å². The van der Waals surface area contributed by atoms with E-state index in [1.165, 1.54) is 0 Å². The van der Waals surface area contributed by atoms with Gasteiger partial charge in [-0.2, -0.15) is 0 Å². The van der Waals surface area contributed by atoms with Crippen LogP contribution in [0.1, 0.15) is 37.7 Å². The first-order valence-corrected chi connectivity index (χ1v) is 11.1. The minimum absolute atomic E-state index is 0.183. The Bertz CT molecular complexity index is 1380. The molecule has 4 rings (SSSR count). The maximum atomic E-state index is 12.8. The van der Waals surface area contributed by atoms with E-state index in [0.717, 1.165) is 11.1 Å². The summed E-state index contributed by atoms with van der Waals surface area (Å²) >= 11 is 12.0. The van der Waals surface area contributed by atoms with Crippen molar-refractivity contribution in [1.29, 1.82) is 0 Å². The largest absolute Gasteiger partial charge is 0.423 e. The topological polar surface area (TPSA) is 86.1 Å². The number of carbonyl (C=O) groups is 2. The van der Waals surface area contributed by atoms with Crippen molar-refractivity contribution < 1.29 is 14.3 Å². The van der Waals surface area contributed by atoms with Crippen LogP contribution in [0.5, 0.6) is 5.75 Å². The molecule has 9 heteroatoms. The monoisotopic (exact) mass is 494 g/mol. The van der Waals surface area contributed by atoms with Gasteiger partial charge in [-0.15, -0.1) is 5.10 Å². The molecule has 34 heavy (non-hydrogen) atoms. The lowest BCUT2D eigenvalue weighted by atomic mass is 10.1. The molecule has 0 saturated carbocycles. The van der Waals surface area contributed by atoms with Crippen LogP contribution in [-0.2, 0) is 6.54 Å². The van der Waals surface area contributed by atoms with Crippen LogP contribution in [0.25, 0.3) is 0 Å². The van der Waals surface area contributed by atoms with Crippen molar-refractivity contribution in [2.45, 2.75) is 20.4 Å². The van der Waals surface area contributed by atoms with Gasteiger partial charge >= 0.3 is 5.97 Å². The molecule has 1 N–H and O–H groups in total. The van der Waals surface area contributed by atoms with Gasteiger partial charge in [0.25, 0.3) is 5.91 Å². The second-order valence-electron chi connectivity index (χ2n) is 7.62. The van der Waals surface area contributed by atoms with E-state index in [4.69, 9.17) is 27.9 Å². The summed E-state index contributed by atoms with van der Waals surface area (Å²) in [5.74, 6) is -0.589. The lowest BCUT2D eigenvalue weighted by molar-refractivity contribution is 0.0734. The molecule has 4 aromatic rings. The third kappa shape index (κ3) is 5.27. The molecule has 172 valence electrons. The number of hydrogen-bond acceptors (Lipinski definition) is 5. The summed E-state index contributed by atoms with van der Waals surface area (Å²) in [6.45, 7) is 3.98. The molecule has 0 saturated heterocycles. The summed E-state index contributed by atoms with van der Waals surface area (Å²) in [6, 6.07) is 19.0. The van der Waals surface area contributed by atoms with E-state index in [-0.39, 0.29) is 5.69 Å². The van der Waals surface area contributed by atoms with Crippen LogP contribution < -0.4 is 10.1 Å². The van der Waals surface area contributed by atoms with E-state index in [9.17, 15) is 9.59 Å². The number of halogens is 2. The number of amides is 1. The van der Waals surface area contributed by atoms with E-state index >= 15 is 0 Å². The number of ether oxygens (including phenoxy) is 1. The van der Waals surface area contributed by atoms with Gasteiger partial charge in [0.1, 0.15) is 5.75 Å². The zero-order valence-electron chi connectivity index (χ0n) is 18.4. The Labute approximate surface area is 206 Å². The Hall–Kier alpha value is -3.68. The van der Waals surface area contributed by atoms with Crippen molar-refractivity contribution in [3.63, 3.8) is 0 Å². The van der Waals surface area contributed by atoms with Crippen molar-refractivity contribution in [3.05, 3.63) is 105 Å². The fourth-order valence-corrected chi connectivity index (χ4v) is 3.64. The van der Waals surface area contributed by atoms with Crippen molar-refractivity contribution in [2.75, 3.05) is 5.32 Å². The Morgan fingerprint density at radius 2 is 1.76 bits per heavy atom. The Morgan fingerprint density at radius 1 is 0.971 bits per heavy atom. The number of nitrogens with one attached hydrogen (secondary N) is 1. The molecule has 0 bridgehead atoms. The van der Waals surface area contributed by atoms with Crippen molar-refractivity contribution in [1.82, 2.24) is 15.0 Å². The summed E-state index contributed by atoms with van der Waals surface area (Å²) in [4.78, 5) is 25.3. The van der Waals surface area contributed by atoms with E-state index in [2.05, 4.69) is 15.6 Å². The first-order chi connectivity index (χ1) is 16.3. The minimum Gasteiger partial charge on any atom is -0.423 e. The average Bonchev–Trinajstić information content (AvgIpc) is 3.17. The second kappa shape index (κ2) is 10.1. The molecular formula is C25H20Cl2N4O3. The Morgan fingerprint density at radius 3 is 2.53 bits per heavy atom. The number of rotatable bonds is 6. The second-order valence-corrected chi connectivity index (χ2v) is 8.43. The highest BCUT2D eigenvalue weighted by Crippen LogP contribution is 2.24. The van der Waals surface area contributed by atoms with Crippen LogP contribution >= 0.6 is 23.2 Å². The standard InChI is InChI=1S/C25H20Cl2N4O3/c1-15-6-3-4-9-20(15)25(33)34-19-8-5-7-18(13-19)28-24(32)23-16(2)31(30-29-23)14-17-10-11-21(26)22(27)12-17/h3-13H,14H2,1-2H3,(H,28,32). The quantitative estimate of drug-likeness (QED) is 0.273. The van der Waals surface area contributed by atoms with Crippen LogP contribution in [-0.4, -0.2) is 26.9 Å². The number of hydrogen-bond donors (Lipinski definition) is 1. The molecule has 7 nitrogen and oxygen atoms in total. The van der Waals surface area contributed by atoms with Crippen LogP contribution in [0.2, 0.25) is 10.0 Å². The summed E-state index contributed by atoms with van der Waals surface area (Å²) < 4.78 is 7.08. The lowest BCUT2D eigenvalue weighted by Gasteiger charge is -2.09. The maximum absolute atomic E-state index is 12.8. The van der Waals surface area contributed by atoms with Crippen molar-refractivity contribution >= 4 is 40.8 Å². The van der Waals surface area contributed by atoms with Gasteiger partial charge in [-0.3, -0.25) is 4.79 Å². The van der Waals surface area contributed by atoms with E-state index < -0.39 is 11.9 Å². The Kier molecular flexibility index (Phi) is 6.95. The summed E-state index contributed by atoms with van der Waals surface area (Å²) in [5.41, 5.74) is 3.40. The van der Waals surface area contributed by atoms with Gasteiger partial charge in [0, 0.05) is 11.8 Å². The number of benzene rings is 3. The first kappa shape index (κ1) is 23.5. The molecule has 3 aromatic carbocycles. The molecule has 0 fully saturated rings. The highest BCUT2D eigenvalue weighted by molar-refractivity contribution is 6.42. The zero-order chi connectivity index (χ0) is 24.2. The molecule has 0 aliphatic heterocycles. The number of anilines is 1. The van der Waals surface area contributed by atoms with Gasteiger partial charge in [0.15, 0.2) is 5.69 Å². The van der Waals surface area contributed by atoms with Gasteiger partial charge in [-0.25, -0.2) is 9.48 Å². The third-order valence-electron chi connectivity index (χ3n) is 5.18. The fourth-order valence-electron chi connectivity index (χ4n) is 3.32. The smallest absolute Gasteiger partial charge is 0.343 e. The van der Waals surface area contributed by atoms with E-state index in [1.807, 2.05) is 25.1 Å². The Balaban J connectivity index is 1.45. The molecule has 0 atom stereocenters. The van der Waals surface area contributed by atoms with Gasteiger partial charge in [0.2, 0.25) is 0 Å². The molecular weight excluding hydrogens is 475 g/mol. The van der Waals surface area contributed by atoms with Crippen molar-refractivity contribution in [3.8, 4) is 5.75 Å². The summed E-state index contributed by atoms with van der Waals surface area (Å²) in [5, 5.41) is 11.8. The lowest BCUT2D eigenvalue weighted by Crippen LogP contribution is -2.15. The fraction of sp³-hybridized carbons (Fsp3) is 0.120. The third-order valence-corrected chi connectivity index (χ3v) is 5.92. The molecule has 0 spiro atoms. The normalized spacial score (nSPS) is 10.7. The number of aryl methyl sites for hydroxylation is 1. The first-order valence-electron chi connectivity index (χ1n) is 10.3. The van der Waals surface area contributed by atoms with E-state index in [0.29, 0.717) is 39.3 Å². The number of esters is 1. The van der Waals surface area contributed by atoms with Gasteiger partial charge in [-0.05, 0) is 55.3 Å². The minimum atomic E-state index is -0.470. The molecule has 0 aliphatic rings. The predicted octanol–water partition coefficient (Wildman–Crippen LogP) is 5.72. The van der Waals surface area contributed by atoms with Crippen LogP contribution in [0.4, 0.5) is 5.69 Å². The molecule has 0 unspecified atom stereocenters. The maximum Gasteiger partial charge on any atom is 0.343 e. The average molecular weight is 495 g/mol. The zero-order valence-corrected chi connectivity index (χ0v) is 19.9. The highest BCUT2D eigenvalue weighted by atomic mass is 35.5. The molecule has 1 aromatic heterocycles. The highest BCUT2D eigenvalue weighted by Gasteiger charge is 2.18. The summed E-state index contributed by atoms with van der Waals surface area (Å²) in [7, 11) is 0. The number of carbonyl (C=O) groups excluding carboxylic acids is 2. The molecule has 1 amide bonds. The van der Waals surface area contributed by atoms with Crippen molar-refractivity contribution in [2.24, 2.45) is 0 Å². The molecule has 1 heterocycles. The van der Waals surface area contributed by atoms with Crippen LogP contribution in [0.15, 0.2) is 66.7 Å². The number of nitrogens with zero attached hydrogens (tertiary/aromatic N) is 3.